The number of nitro groups is 1. The fraction of sp³-hybridized carbons (Fsp3) is 0.167. The molecule has 0 aliphatic heterocycles. The number of hydrogen-bond donors (Lipinski definition) is 1. The fourth-order valence-electron chi connectivity index (χ4n) is 2.86. The van der Waals surface area contributed by atoms with Gasteiger partial charge in [-0.05, 0) is 42.8 Å². The molecule has 0 saturated carbocycles. The van der Waals surface area contributed by atoms with Gasteiger partial charge in [-0.1, -0.05) is 0 Å². The molecule has 0 saturated heterocycles. The van der Waals surface area contributed by atoms with E-state index >= 15 is 0 Å². The van der Waals surface area contributed by atoms with Crippen molar-refractivity contribution in [1.29, 1.82) is 0 Å². The van der Waals surface area contributed by atoms with Gasteiger partial charge in [-0.15, -0.1) is 0 Å². The van der Waals surface area contributed by atoms with Gasteiger partial charge < -0.3 is 14.5 Å². The summed E-state index contributed by atoms with van der Waals surface area (Å²) in [5, 5.41) is 14.1. The van der Waals surface area contributed by atoms with Gasteiger partial charge in [0.2, 0.25) is 5.78 Å². The van der Waals surface area contributed by atoms with Crippen molar-refractivity contribution in [1.82, 2.24) is 4.40 Å². The van der Waals surface area contributed by atoms with E-state index in [1.807, 2.05) is 42.8 Å². The van der Waals surface area contributed by atoms with Crippen LogP contribution < -0.4 is 10.1 Å². The van der Waals surface area contributed by atoms with Crippen LogP contribution in [0.15, 0.2) is 42.6 Å². The molecule has 7 heteroatoms. The highest BCUT2D eigenvalue weighted by Gasteiger charge is 2.21. The van der Waals surface area contributed by atoms with Crippen molar-refractivity contribution in [3.63, 3.8) is 0 Å². The third kappa shape index (κ3) is 2.80. The Morgan fingerprint density at radius 2 is 2.00 bits per heavy atom. The van der Waals surface area contributed by atoms with Gasteiger partial charge in [-0.3, -0.25) is 14.9 Å². The van der Waals surface area contributed by atoms with Crippen LogP contribution in [0, 0.1) is 17.0 Å². The Morgan fingerprint density at radius 1 is 1.24 bits per heavy atom. The zero-order valence-corrected chi connectivity index (χ0v) is 14.1. The first-order valence-corrected chi connectivity index (χ1v) is 7.63. The second kappa shape index (κ2) is 6.27. The summed E-state index contributed by atoms with van der Waals surface area (Å²) in [7, 11) is 3.17. The van der Waals surface area contributed by atoms with E-state index in [1.54, 1.807) is 0 Å². The summed E-state index contributed by atoms with van der Waals surface area (Å²) in [5.74, 6) is -0.158. The van der Waals surface area contributed by atoms with Crippen LogP contribution in [-0.2, 0) is 0 Å². The number of aryl methyl sites for hydroxylation is 1. The van der Waals surface area contributed by atoms with E-state index in [0.717, 1.165) is 16.8 Å². The van der Waals surface area contributed by atoms with Gasteiger partial charge in [-0.2, -0.15) is 0 Å². The molecular formula is C18H17N3O4. The Bertz CT molecular complexity index is 991. The van der Waals surface area contributed by atoms with Gasteiger partial charge in [0.1, 0.15) is 0 Å². The maximum Gasteiger partial charge on any atom is 0.310 e. The van der Waals surface area contributed by atoms with Gasteiger partial charge in [0.15, 0.2) is 5.75 Å². The fourth-order valence-corrected chi connectivity index (χ4v) is 2.86. The van der Waals surface area contributed by atoms with Crippen molar-refractivity contribution in [3.8, 4) is 5.75 Å². The van der Waals surface area contributed by atoms with Crippen LogP contribution in [0.1, 0.15) is 21.6 Å². The van der Waals surface area contributed by atoms with Crippen LogP contribution in [0.5, 0.6) is 5.75 Å². The average molecular weight is 339 g/mol. The molecule has 2 heterocycles. The van der Waals surface area contributed by atoms with Gasteiger partial charge in [0.05, 0.1) is 17.7 Å². The first kappa shape index (κ1) is 16.5. The Kier molecular flexibility index (Phi) is 4.14. The number of benzene rings is 1. The molecule has 0 fully saturated rings. The van der Waals surface area contributed by atoms with Crippen molar-refractivity contribution in [2.24, 2.45) is 0 Å². The van der Waals surface area contributed by atoms with E-state index < -0.39 is 4.92 Å². The maximum absolute atomic E-state index is 13.0. The minimum absolute atomic E-state index is 0.0619. The van der Waals surface area contributed by atoms with Crippen molar-refractivity contribution in [3.05, 3.63) is 69.5 Å². The average Bonchev–Trinajstić information content (AvgIpc) is 2.94. The molecule has 0 bridgehead atoms. The van der Waals surface area contributed by atoms with Gasteiger partial charge in [0, 0.05) is 36.1 Å². The maximum atomic E-state index is 13.0. The van der Waals surface area contributed by atoms with E-state index in [-0.39, 0.29) is 17.2 Å². The molecule has 0 amide bonds. The quantitative estimate of drug-likeness (QED) is 0.437. The molecule has 0 spiro atoms. The number of anilines is 1. The highest BCUT2D eigenvalue weighted by molar-refractivity contribution is 6.10. The van der Waals surface area contributed by atoms with E-state index in [0.29, 0.717) is 11.3 Å². The van der Waals surface area contributed by atoms with Crippen LogP contribution in [0.25, 0.3) is 5.52 Å². The zero-order chi connectivity index (χ0) is 18.1. The lowest BCUT2D eigenvalue weighted by molar-refractivity contribution is -0.385. The molecule has 2 aromatic heterocycles. The van der Waals surface area contributed by atoms with Gasteiger partial charge in [-0.25, -0.2) is 0 Å². The Hall–Kier alpha value is -3.35. The van der Waals surface area contributed by atoms with Crippen molar-refractivity contribution < 1.29 is 14.5 Å². The number of fused-ring (bicyclic) bond motifs is 1. The summed E-state index contributed by atoms with van der Waals surface area (Å²) in [4.78, 5) is 23.5. The van der Waals surface area contributed by atoms with E-state index in [4.69, 9.17) is 4.74 Å². The molecule has 0 radical (unpaired) electrons. The summed E-state index contributed by atoms with van der Waals surface area (Å²) in [5.41, 5.74) is 3.35. The van der Waals surface area contributed by atoms with Crippen LogP contribution in [0.2, 0.25) is 0 Å². The molecule has 3 rings (SSSR count). The van der Waals surface area contributed by atoms with Crippen molar-refractivity contribution >= 4 is 22.7 Å². The molecule has 1 aromatic carbocycles. The molecular weight excluding hydrogens is 322 g/mol. The topological polar surface area (TPSA) is 85.9 Å². The number of pyridine rings is 1. The number of hydrogen-bond acceptors (Lipinski definition) is 5. The number of ketones is 1. The second-order valence-electron chi connectivity index (χ2n) is 5.61. The van der Waals surface area contributed by atoms with Gasteiger partial charge in [0.25, 0.3) is 0 Å². The SMILES string of the molecule is CNc1ccn2c(C(=O)c3ccc([N+](=O)[O-])c(OC)c3)c(C)cc2c1. The molecule has 0 aliphatic rings. The normalized spacial score (nSPS) is 10.7. The Labute approximate surface area is 144 Å². The third-order valence-electron chi connectivity index (χ3n) is 4.11. The highest BCUT2D eigenvalue weighted by atomic mass is 16.6. The molecule has 25 heavy (non-hydrogen) atoms. The second-order valence-corrected chi connectivity index (χ2v) is 5.61. The lowest BCUT2D eigenvalue weighted by Gasteiger charge is -2.07. The van der Waals surface area contributed by atoms with Crippen LogP contribution >= 0.6 is 0 Å². The lowest BCUT2D eigenvalue weighted by atomic mass is 10.0. The Morgan fingerprint density at radius 3 is 2.64 bits per heavy atom. The van der Waals surface area contributed by atoms with Gasteiger partial charge >= 0.3 is 5.69 Å². The number of rotatable bonds is 5. The standard InChI is InChI=1S/C18H17N3O4/c1-11-8-14-10-13(19-2)6-7-20(14)17(11)18(22)12-4-5-15(21(23)24)16(9-12)25-3/h4-10,19H,1-3H3. The third-order valence-corrected chi connectivity index (χ3v) is 4.11. The number of methoxy groups -OCH3 is 1. The first-order chi connectivity index (χ1) is 12.0. The number of nitro benzene ring substituents is 1. The first-order valence-electron chi connectivity index (χ1n) is 7.63. The number of aromatic nitrogens is 1. The van der Waals surface area contributed by atoms with E-state index in [1.165, 1.54) is 25.3 Å². The molecule has 0 atom stereocenters. The largest absolute Gasteiger partial charge is 0.490 e. The molecule has 0 unspecified atom stereocenters. The number of carbonyl (C=O) groups is 1. The van der Waals surface area contributed by atoms with E-state index in [9.17, 15) is 14.9 Å². The van der Waals surface area contributed by atoms with Crippen molar-refractivity contribution in [2.45, 2.75) is 6.92 Å². The number of carbonyl (C=O) groups excluding carboxylic acids is 1. The van der Waals surface area contributed by atoms with E-state index in [2.05, 4.69) is 5.32 Å². The van der Waals surface area contributed by atoms with Crippen LogP contribution in [-0.4, -0.2) is 29.3 Å². The number of nitrogens with one attached hydrogen (secondary N) is 1. The molecule has 7 nitrogen and oxygen atoms in total. The number of ether oxygens (including phenoxy) is 1. The van der Waals surface area contributed by atoms with Crippen LogP contribution in [0.3, 0.4) is 0 Å². The molecule has 128 valence electrons. The minimum Gasteiger partial charge on any atom is -0.490 e. The summed E-state index contributed by atoms with van der Waals surface area (Å²) < 4.78 is 6.87. The summed E-state index contributed by atoms with van der Waals surface area (Å²) in [6, 6.07) is 9.89. The summed E-state index contributed by atoms with van der Waals surface area (Å²) in [6.45, 7) is 1.86. The highest BCUT2D eigenvalue weighted by Crippen LogP contribution is 2.29. The predicted octanol–water partition coefficient (Wildman–Crippen LogP) is 3.44. The van der Waals surface area contributed by atoms with Crippen molar-refractivity contribution in [2.75, 3.05) is 19.5 Å². The monoisotopic (exact) mass is 339 g/mol. The molecule has 1 N–H and O–H groups in total. The summed E-state index contributed by atoms with van der Waals surface area (Å²) in [6.07, 6.45) is 1.82. The lowest BCUT2D eigenvalue weighted by Crippen LogP contribution is -2.08. The zero-order valence-electron chi connectivity index (χ0n) is 14.1. The number of nitrogens with zero attached hydrogens (tertiary/aromatic N) is 2. The minimum atomic E-state index is -0.537. The molecule has 3 aromatic rings. The smallest absolute Gasteiger partial charge is 0.310 e. The molecule has 0 aliphatic carbocycles. The Balaban J connectivity index is 2.11. The van der Waals surface area contributed by atoms with Crippen LogP contribution in [0.4, 0.5) is 11.4 Å². The predicted molar refractivity (Wildman–Crippen MR) is 94.8 cm³/mol. The summed E-state index contributed by atoms with van der Waals surface area (Å²) >= 11 is 0.